The molecule has 4 atom stereocenters. The largest absolute Gasteiger partial charge is 0.520 e. The molecule has 0 N–H and O–H groups in total. The minimum Gasteiger partial charge on any atom is -0.520 e. The number of hydrogen-bond acceptors (Lipinski definition) is 7. The highest BCUT2D eigenvalue weighted by molar-refractivity contribution is 6.71. The van der Waals surface area contributed by atoms with Crippen molar-refractivity contribution in [3.63, 3.8) is 0 Å². The molecular formula is C33H67NO6Si3. The van der Waals surface area contributed by atoms with Crippen molar-refractivity contribution in [2.24, 2.45) is 11.1 Å². The number of hydrogen-bond donors (Lipinski definition) is 0. The van der Waals surface area contributed by atoms with Crippen molar-refractivity contribution >= 4 is 36.6 Å². The lowest BCUT2D eigenvalue weighted by Crippen LogP contribution is -2.51. The van der Waals surface area contributed by atoms with Gasteiger partial charge >= 0.3 is 0 Å². The van der Waals surface area contributed by atoms with Gasteiger partial charge in [0, 0.05) is 18.8 Å². The molecule has 0 spiro atoms. The summed E-state index contributed by atoms with van der Waals surface area (Å²) < 4.78 is 25.7. The standard InChI is InChI=1S/C33H67NO6Si3/c1-12-14-18-21-28(34-36-26-15-13-2)24-25-30-29(22-19-16-17-20-23-32(35)39-42(6,7)8)31(38-41(3,4)5)27-33(37-30)40-43(9,10)11/h16,19,29-31,33H,12-15,17-18,20-27H2,1-11H3/b19-16-,34-28-/t29-,30-,31+,33?/m1/s1. The topological polar surface area (TPSA) is 75.6 Å². The van der Waals surface area contributed by atoms with E-state index in [1.165, 1.54) is 12.8 Å². The van der Waals surface area contributed by atoms with E-state index in [2.05, 4.69) is 70.4 Å². The lowest BCUT2D eigenvalue weighted by molar-refractivity contribution is -0.203. The van der Waals surface area contributed by atoms with Gasteiger partial charge in [-0.15, -0.1) is 0 Å². The lowest BCUT2D eigenvalue weighted by Gasteiger charge is -2.45. The molecule has 0 aromatic heterocycles. The van der Waals surface area contributed by atoms with Gasteiger partial charge < -0.3 is 22.9 Å². The third kappa shape index (κ3) is 20.8. The van der Waals surface area contributed by atoms with E-state index in [9.17, 15) is 4.79 Å². The van der Waals surface area contributed by atoms with Crippen molar-refractivity contribution < 1.29 is 27.6 Å². The van der Waals surface area contributed by atoms with Gasteiger partial charge in [0.1, 0.15) is 6.61 Å². The maximum Gasteiger partial charge on any atom is 0.292 e. The zero-order valence-electron chi connectivity index (χ0n) is 29.8. The first-order chi connectivity index (χ1) is 20.0. The molecule has 252 valence electrons. The minimum absolute atomic E-state index is 0.0137. The van der Waals surface area contributed by atoms with Gasteiger partial charge in [-0.3, -0.25) is 4.79 Å². The molecule has 0 bridgehead atoms. The fourth-order valence-electron chi connectivity index (χ4n) is 5.18. The van der Waals surface area contributed by atoms with Crippen LogP contribution in [0.25, 0.3) is 0 Å². The van der Waals surface area contributed by atoms with Gasteiger partial charge in [-0.1, -0.05) is 50.4 Å². The minimum atomic E-state index is -1.83. The van der Waals surface area contributed by atoms with E-state index in [0.717, 1.165) is 69.9 Å². The van der Waals surface area contributed by atoms with E-state index < -0.39 is 25.0 Å². The molecule has 0 aromatic rings. The van der Waals surface area contributed by atoms with Crippen LogP contribution in [0.4, 0.5) is 0 Å². The van der Waals surface area contributed by atoms with E-state index in [-0.39, 0.29) is 30.4 Å². The Morgan fingerprint density at radius 2 is 1.49 bits per heavy atom. The number of nitrogens with zero attached hydrogens (tertiary/aromatic N) is 1. The summed E-state index contributed by atoms with van der Waals surface area (Å²) >= 11 is 0. The van der Waals surface area contributed by atoms with E-state index in [1.54, 1.807) is 0 Å². The van der Waals surface area contributed by atoms with Gasteiger partial charge in [0.2, 0.25) is 8.32 Å². The van der Waals surface area contributed by atoms with Gasteiger partial charge in [-0.05, 0) is 110 Å². The summed E-state index contributed by atoms with van der Waals surface area (Å²) in [6.07, 6.45) is 16.5. The zero-order chi connectivity index (χ0) is 32.5. The second kappa shape index (κ2) is 20.4. The molecule has 43 heavy (non-hydrogen) atoms. The molecule has 10 heteroatoms. The number of ether oxygens (including phenoxy) is 1. The number of unbranched alkanes of at least 4 members (excludes halogenated alkanes) is 4. The number of allylic oxidation sites excluding steroid dienone is 2. The van der Waals surface area contributed by atoms with Crippen LogP contribution < -0.4 is 0 Å². The zero-order valence-corrected chi connectivity index (χ0v) is 32.8. The summed E-state index contributed by atoms with van der Waals surface area (Å²) in [4.78, 5) is 17.8. The average Bonchev–Trinajstić information content (AvgIpc) is 2.84. The van der Waals surface area contributed by atoms with Crippen LogP contribution in [-0.4, -0.2) is 61.7 Å². The van der Waals surface area contributed by atoms with Crippen LogP contribution in [0.15, 0.2) is 17.3 Å². The summed E-state index contributed by atoms with van der Waals surface area (Å²) in [5, 5.41) is 4.59. The van der Waals surface area contributed by atoms with Crippen LogP contribution >= 0.6 is 0 Å². The number of rotatable bonds is 22. The fourth-order valence-corrected chi connectivity index (χ4v) is 8.08. The predicted molar refractivity (Wildman–Crippen MR) is 188 cm³/mol. The van der Waals surface area contributed by atoms with Gasteiger partial charge in [0.25, 0.3) is 5.97 Å². The third-order valence-electron chi connectivity index (χ3n) is 7.01. The van der Waals surface area contributed by atoms with E-state index in [4.69, 9.17) is 22.9 Å². The van der Waals surface area contributed by atoms with Crippen molar-refractivity contribution in [1.82, 2.24) is 0 Å². The SMILES string of the molecule is CCCCC/C(CC[C@H]1OC(O[Si](C)(C)C)C[C@H](O[Si](C)(C)C)[C@@H]1C/C=C\CCCC(=O)O[Si](C)(C)C)=N/OCCCC. The quantitative estimate of drug-likeness (QED) is 0.0379. The highest BCUT2D eigenvalue weighted by atomic mass is 28.4. The molecular weight excluding hydrogens is 591 g/mol. The Morgan fingerprint density at radius 3 is 2.09 bits per heavy atom. The lowest BCUT2D eigenvalue weighted by atomic mass is 9.85. The van der Waals surface area contributed by atoms with Crippen LogP contribution in [-0.2, 0) is 27.6 Å². The molecule has 0 radical (unpaired) electrons. The van der Waals surface area contributed by atoms with Crippen LogP contribution in [0.1, 0.15) is 97.3 Å². The van der Waals surface area contributed by atoms with Crippen LogP contribution in [0.5, 0.6) is 0 Å². The molecule has 0 amide bonds. The number of carbonyl (C=O) groups is 1. The Bertz CT molecular complexity index is 832. The third-order valence-corrected chi connectivity index (χ3v) is 9.83. The summed E-state index contributed by atoms with van der Waals surface area (Å²) in [7, 11) is -5.44. The Hall–Kier alpha value is -0.789. The van der Waals surface area contributed by atoms with Gasteiger partial charge in [-0.25, -0.2) is 0 Å². The molecule has 0 aliphatic carbocycles. The molecule has 1 rings (SSSR count). The number of oxime groups is 1. The second-order valence-electron chi connectivity index (χ2n) is 15.0. The smallest absolute Gasteiger partial charge is 0.292 e. The van der Waals surface area contributed by atoms with Crippen molar-refractivity contribution in [3.05, 3.63) is 12.2 Å². The van der Waals surface area contributed by atoms with Crippen molar-refractivity contribution in [2.75, 3.05) is 6.61 Å². The first-order valence-corrected chi connectivity index (χ1v) is 27.3. The Kier molecular flexibility index (Phi) is 19.0. The first-order valence-electron chi connectivity index (χ1n) is 17.1. The van der Waals surface area contributed by atoms with Gasteiger partial charge in [0.05, 0.1) is 17.9 Å². The maximum atomic E-state index is 12.1. The molecule has 7 nitrogen and oxygen atoms in total. The molecule has 1 saturated heterocycles. The van der Waals surface area contributed by atoms with E-state index in [1.807, 2.05) is 19.6 Å². The molecule has 1 unspecified atom stereocenters. The predicted octanol–water partition coefficient (Wildman–Crippen LogP) is 9.82. The monoisotopic (exact) mass is 657 g/mol. The summed E-state index contributed by atoms with van der Waals surface area (Å²) in [6.45, 7) is 24.7. The van der Waals surface area contributed by atoms with E-state index >= 15 is 0 Å². The molecule has 1 heterocycles. The summed E-state index contributed by atoms with van der Waals surface area (Å²) in [5.41, 5.74) is 1.14. The molecule has 0 aromatic carbocycles. The fraction of sp³-hybridized carbons (Fsp3) is 0.879. The highest BCUT2D eigenvalue weighted by Crippen LogP contribution is 2.36. The Morgan fingerprint density at radius 1 is 0.814 bits per heavy atom. The molecule has 1 aliphatic rings. The average molecular weight is 658 g/mol. The van der Waals surface area contributed by atoms with Gasteiger partial charge in [0.15, 0.2) is 22.9 Å². The second-order valence-corrected chi connectivity index (χ2v) is 28.4. The summed E-state index contributed by atoms with van der Waals surface area (Å²) in [5.74, 6) is 0.166. The molecule has 0 saturated carbocycles. The number of carbonyl (C=O) groups excluding carboxylic acids is 1. The van der Waals surface area contributed by atoms with Crippen molar-refractivity contribution in [2.45, 2.75) is 175 Å². The Labute approximate surface area is 268 Å². The van der Waals surface area contributed by atoms with Crippen molar-refractivity contribution in [1.29, 1.82) is 0 Å². The first kappa shape index (κ1) is 40.2. The normalized spacial score (nSPS) is 22.3. The summed E-state index contributed by atoms with van der Waals surface area (Å²) in [6, 6.07) is 0. The maximum absolute atomic E-state index is 12.1. The molecule has 1 fully saturated rings. The highest BCUT2D eigenvalue weighted by Gasteiger charge is 2.42. The van der Waals surface area contributed by atoms with Crippen LogP contribution in [0, 0.1) is 5.92 Å². The van der Waals surface area contributed by atoms with Gasteiger partial charge in [-0.2, -0.15) is 0 Å². The Balaban J connectivity index is 3.05. The van der Waals surface area contributed by atoms with E-state index in [0.29, 0.717) is 13.0 Å². The van der Waals surface area contributed by atoms with Crippen LogP contribution in [0.2, 0.25) is 58.9 Å². The van der Waals surface area contributed by atoms with Crippen molar-refractivity contribution in [3.8, 4) is 0 Å². The molecule has 1 aliphatic heterocycles. The van der Waals surface area contributed by atoms with Crippen LogP contribution in [0.3, 0.4) is 0 Å².